The van der Waals surface area contributed by atoms with Crippen LogP contribution in [-0.2, 0) is 0 Å². The predicted molar refractivity (Wildman–Crippen MR) is 122 cm³/mol. The Morgan fingerprint density at radius 3 is 1.41 bits per heavy atom. The van der Waals surface area contributed by atoms with Gasteiger partial charge in [-0.15, -0.1) is 0 Å². The van der Waals surface area contributed by atoms with E-state index in [0.29, 0.717) is 10.2 Å². The number of benzene rings is 2. The molecule has 0 fully saturated rings. The van der Waals surface area contributed by atoms with Crippen LogP contribution >= 0.6 is 24.4 Å². The molecule has 0 saturated heterocycles. The fourth-order valence-electron chi connectivity index (χ4n) is 2.18. The minimum Gasteiger partial charge on any atom is -0.457 e. The van der Waals surface area contributed by atoms with Crippen molar-refractivity contribution >= 4 is 46.0 Å². The molecule has 0 saturated carbocycles. The van der Waals surface area contributed by atoms with Crippen molar-refractivity contribution in [2.75, 3.05) is 23.7 Å². The molecule has 0 radical (unpaired) electrons. The van der Waals surface area contributed by atoms with Gasteiger partial charge in [0.15, 0.2) is 10.2 Å². The Bertz CT molecular complexity index is 669. The Kier molecular flexibility index (Phi) is 8.80. The first kappa shape index (κ1) is 20.9. The molecule has 0 aliphatic rings. The molecule has 0 aliphatic carbocycles. The molecule has 2 aromatic carbocycles. The number of nitrogens with one attached hydrogen (secondary N) is 4. The van der Waals surface area contributed by atoms with Crippen molar-refractivity contribution in [2.45, 2.75) is 26.7 Å². The predicted octanol–water partition coefficient (Wildman–Crippen LogP) is 4.87. The van der Waals surface area contributed by atoms with Crippen molar-refractivity contribution in [1.29, 1.82) is 0 Å². The Balaban J connectivity index is 1.86. The van der Waals surface area contributed by atoms with Gasteiger partial charge in [0.05, 0.1) is 0 Å². The lowest BCUT2D eigenvalue weighted by molar-refractivity contribution is 0.483. The standard InChI is InChI=1S/C20H26N4OS2/c1-3-13-21-19(26)23-15-5-9-17(10-6-15)25-18-11-7-16(8-12-18)24-20(27)22-14-4-2/h5-12H,3-4,13-14H2,1-2H3,(H2,21,23,26)(H2,22,24,27). The van der Waals surface area contributed by atoms with Crippen LogP contribution in [0.2, 0.25) is 0 Å². The third kappa shape index (κ3) is 7.80. The van der Waals surface area contributed by atoms with Crippen LogP contribution in [0.15, 0.2) is 48.5 Å². The van der Waals surface area contributed by atoms with Gasteiger partial charge in [-0.25, -0.2) is 0 Å². The zero-order valence-electron chi connectivity index (χ0n) is 15.7. The minimum absolute atomic E-state index is 0.625. The summed E-state index contributed by atoms with van der Waals surface area (Å²) in [7, 11) is 0. The Hall–Kier alpha value is -2.38. The Morgan fingerprint density at radius 2 is 1.07 bits per heavy atom. The first-order valence-electron chi connectivity index (χ1n) is 9.08. The molecular formula is C20H26N4OS2. The molecule has 27 heavy (non-hydrogen) atoms. The fraction of sp³-hybridized carbons (Fsp3) is 0.300. The van der Waals surface area contributed by atoms with Gasteiger partial charge in [0.25, 0.3) is 0 Å². The van der Waals surface area contributed by atoms with Gasteiger partial charge < -0.3 is 26.0 Å². The van der Waals surface area contributed by atoms with E-state index in [4.69, 9.17) is 29.2 Å². The van der Waals surface area contributed by atoms with Crippen molar-refractivity contribution in [3.8, 4) is 11.5 Å². The largest absolute Gasteiger partial charge is 0.457 e. The molecule has 7 heteroatoms. The third-order valence-electron chi connectivity index (χ3n) is 3.53. The zero-order chi connectivity index (χ0) is 19.5. The summed E-state index contributed by atoms with van der Waals surface area (Å²) in [4.78, 5) is 0. The van der Waals surface area contributed by atoms with E-state index in [1.807, 2.05) is 48.5 Å². The van der Waals surface area contributed by atoms with Gasteiger partial charge in [0.1, 0.15) is 11.5 Å². The SMILES string of the molecule is CCCNC(=S)Nc1ccc(Oc2ccc(NC(=S)NCCC)cc2)cc1. The third-order valence-corrected chi connectivity index (χ3v) is 4.02. The maximum absolute atomic E-state index is 5.88. The van der Waals surface area contributed by atoms with Gasteiger partial charge in [-0.05, 0) is 85.8 Å². The van der Waals surface area contributed by atoms with Crippen molar-refractivity contribution in [3.63, 3.8) is 0 Å². The molecule has 0 aliphatic heterocycles. The zero-order valence-corrected chi connectivity index (χ0v) is 17.3. The summed E-state index contributed by atoms with van der Waals surface area (Å²) in [5.41, 5.74) is 1.84. The van der Waals surface area contributed by atoms with Crippen LogP contribution in [0.1, 0.15) is 26.7 Å². The summed E-state index contributed by atoms with van der Waals surface area (Å²) >= 11 is 10.5. The highest BCUT2D eigenvalue weighted by atomic mass is 32.1. The van der Waals surface area contributed by atoms with Crippen LogP contribution in [0.3, 0.4) is 0 Å². The summed E-state index contributed by atoms with van der Waals surface area (Å²) in [6.45, 7) is 5.92. The van der Waals surface area contributed by atoms with E-state index < -0.39 is 0 Å². The second kappa shape index (κ2) is 11.4. The molecule has 144 valence electrons. The van der Waals surface area contributed by atoms with Crippen LogP contribution in [0.5, 0.6) is 11.5 Å². The van der Waals surface area contributed by atoms with Crippen molar-refractivity contribution in [2.24, 2.45) is 0 Å². The lowest BCUT2D eigenvalue weighted by Crippen LogP contribution is -2.28. The maximum Gasteiger partial charge on any atom is 0.170 e. The molecule has 2 rings (SSSR count). The van der Waals surface area contributed by atoms with Crippen LogP contribution in [0.4, 0.5) is 11.4 Å². The van der Waals surface area contributed by atoms with E-state index in [9.17, 15) is 0 Å². The van der Waals surface area contributed by atoms with Crippen LogP contribution in [-0.4, -0.2) is 23.3 Å². The normalized spacial score (nSPS) is 10.0. The minimum atomic E-state index is 0.625. The molecule has 0 spiro atoms. The molecule has 4 N–H and O–H groups in total. The Morgan fingerprint density at radius 1 is 0.704 bits per heavy atom. The van der Waals surface area contributed by atoms with Crippen LogP contribution < -0.4 is 26.0 Å². The average Bonchev–Trinajstić information content (AvgIpc) is 2.68. The fourth-order valence-corrected chi connectivity index (χ4v) is 2.62. The van der Waals surface area contributed by atoms with Gasteiger partial charge >= 0.3 is 0 Å². The van der Waals surface area contributed by atoms with Gasteiger partial charge in [0.2, 0.25) is 0 Å². The van der Waals surface area contributed by atoms with Gasteiger partial charge in [-0.2, -0.15) is 0 Å². The molecule has 0 atom stereocenters. The van der Waals surface area contributed by atoms with Gasteiger partial charge in [-0.3, -0.25) is 0 Å². The highest BCUT2D eigenvalue weighted by Gasteiger charge is 2.01. The lowest BCUT2D eigenvalue weighted by Gasteiger charge is -2.12. The molecule has 0 heterocycles. The van der Waals surface area contributed by atoms with Crippen molar-refractivity contribution in [3.05, 3.63) is 48.5 Å². The summed E-state index contributed by atoms with van der Waals surface area (Å²) in [5.74, 6) is 1.52. The molecule has 0 unspecified atom stereocenters. The second-order valence-electron chi connectivity index (χ2n) is 5.91. The smallest absolute Gasteiger partial charge is 0.170 e. The number of anilines is 2. The van der Waals surface area contributed by atoms with Crippen LogP contribution in [0, 0.1) is 0 Å². The number of hydrogen-bond donors (Lipinski definition) is 4. The van der Waals surface area contributed by atoms with E-state index in [1.54, 1.807) is 0 Å². The van der Waals surface area contributed by atoms with Gasteiger partial charge in [-0.1, -0.05) is 13.8 Å². The van der Waals surface area contributed by atoms with Crippen LogP contribution in [0.25, 0.3) is 0 Å². The first-order chi connectivity index (χ1) is 13.1. The number of hydrogen-bond acceptors (Lipinski definition) is 3. The second-order valence-corrected chi connectivity index (χ2v) is 6.73. The molecule has 0 bridgehead atoms. The monoisotopic (exact) mass is 402 g/mol. The summed E-state index contributed by atoms with van der Waals surface area (Å²) in [6, 6.07) is 15.3. The summed E-state index contributed by atoms with van der Waals surface area (Å²) < 4.78 is 5.88. The molecule has 2 aromatic rings. The molecular weight excluding hydrogens is 376 g/mol. The number of ether oxygens (including phenoxy) is 1. The van der Waals surface area contributed by atoms with E-state index in [2.05, 4.69) is 35.1 Å². The molecule has 0 amide bonds. The van der Waals surface area contributed by atoms with E-state index >= 15 is 0 Å². The van der Waals surface area contributed by atoms with E-state index in [1.165, 1.54) is 0 Å². The highest BCUT2D eigenvalue weighted by Crippen LogP contribution is 2.24. The lowest BCUT2D eigenvalue weighted by atomic mass is 10.3. The number of rotatable bonds is 8. The topological polar surface area (TPSA) is 57.4 Å². The first-order valence-corrected chi connectivity index (χ1v) is 9.90. The van der Waals surface area contributed by atoms with E-state index in [0.717, 1.165) is 48.8 Å². The number of thiocarbonyl (C=S) groups is 2. The highest BCUT2D eigenvalue weighted by molar-refractivity contribution is 7.80. The summed E-state index contributed by atoms with van der Waals surface area (Å²) in [6.07, 6.45) is 2.06. The van der Waals surface area contributed by atoms with Gasteiger partial charge in [0, 0.05) is 24.5 Å². The molecule has 5 nitrogen and oxygen atoms in total. The van der Waals surface area contributed by atoms with Crippen molar-refractivity contribution in [1.82, 2.24) is 10.6 Å². The quantitative estimate of drug-likeness (QED) is 0.470. The van der Waals surface area contributed by atoms with Crippen molar-refractivity contribution < 1.29 is 4.74 Å². The summed E-state index contributed by atoms with van der Waals surface area (Å²) in [5, 5.41) is 13.8. The van der Waals surface area contributed by atoms with E-state index in [-0.39, 0.29) is 0 Å². The Labute approximate surface area is 171 Å². The average molecular weight is 403 g/mol. The maximum atomic E-state index is 5.88. The molecule has 0 aromatic heterocycles.